The number of carbonyl (C=O) groups is 1. The van der Waals surface area contributed by atoms with Gasteiger partial charge in [-0.2, -0.15) is 0 Å². The molecule has 1 aromatic heterocycles. The van der Waals surface area contributed by atoms with Crippen molar-refractivity contribution < 1.29 is 9.53 Å². The van der Waals surface area contributed by atoms with Crippen molar-refractivity contribution in [2.75, 3.05) is 18.2 Å². The summed E-state index contributed by atoms with van der Waals surface area (Å²) in [6, 6.07) is 5.69. The van der Waals surface area contributed by atoms with Gasteiger partial charge in [0.25, 0.3) is 0 Å². The average Bonchev–Trinajstić information content (AvgIpc) is 2.95. The number of hydrogen-bond donors (Lipinski definition) is 1. The monoisotopic (exact) mass is 369 g/mol. The number of thioether (sulfide) groups is 2. The number of anilines is 1. The lowest BCUT2D eigenvalue weighted by molar-refractivity contribution is -0.115. The molecule has 0 radical (unpaired) electrons. The molecule has 1 atom stereocenters. The van der Waals surface area contributed by atoms with Crippen molar-refractivity contribution in [1.82, 2.24) is 10.2 Å². The first kappa shape index (κ1) is 18.1. The summed E-state index contributed by atoms with van der Waals surface area (Å²) < 4.78 is 7.02. The predicted octanol–water partition coefficient (Wildman–Crippen LogP) is 4.09. The molecule has 0 spiro atoms. The van der Waals surface area contributed by atoms with E-state index in [1.807, 2.05) is 32.0 Å². The van der Waals surface area contributed by atoms with Crippen LogP contribution in [0.15, 0.2) is 26.9 Å². The van der Waals surface area contributed by atoms with E-state index in [1.165, 1.54) is 23.1 Å². The van der Waals surface area contributed by atoms with Gasteiger partial charge in [0.05, 0.1) is 18.0 Å². The van der Waals surface area contributed by atoms with Gasteiger partial charge in [-0.1, -0.05) is 47.9 Å². The molecule has 0 saturated heterocycles. The molecule has 124 valence electrons. The Morgan fingerprint density at radius 1 is 1.39 bits per heavy atom. The van der Waals surface area contributed by atoms with E-state index in [1.54, 1.807) is 18.9 Å². The number of carbonyl (C=O) groups excluding carboxylic acids is 1. The van der Waals surface area contributed by atoms with Crippen LogP contribution in [-0.4, -0.2) is 34.2 Å². The largest absolute Gasteiger partial charge is 0.495 e. The smallest absolute Gasteiger partial charge is 0.237 e. The highest BCUT2D eigenvalue weighted by Crippen LogP contribution is 2.32. The Hall–Kier alpha value is -1.25. The van der Waals surface area contributed by atoms with Crippen LogP contribution < -0.4 is 10.1 Å². The first-order chi connectivity index (χ1) is 11.0. The van der Waals surface area contributed by atoms with Crippen molar-refractivity contribution in [2.24, 2.45) is 0 Å². The quantitative estimate of drug-likeness (QED) is 0.742. The number of rotatable bonds is 7. The maximum atomic E-state index is 12.4. The number of aromatic nitrogens is 2. The summed E-state index contributed by atoms with van der Waals surface area (Å²) >= 11 is 4.59. The molecular formula is C15H19N3O2S3. The van der Waals surface area contributed by atoms with Gasteiger partial charge in [0, 0.05) is 0 Å². The van der Waals surface area contributed by atoms with E-state index in [-0.39, 0.29) is 11.2 Å². The summed E-state index contributed by atoms with van der Waals surface area (Å²) in [7, 11) is 1.59. The van der Waals surface area contributed by atoms with Gasteiger partial charge in [-0.3, -0.25) is 4.79 Å². The number of aryl methyl sites for hydroxylation is 1. The zero-order chi connectivity index (χ0) is 16.8. The van der Waals surface area contributed by atoms with Gasteiger partial charge in [-0.05, 0) is 37.3 Å². The number of nitrogens with one attached hydrogen (secondary N) is 1. The molecule has 2 rings (SSSR count). The van der Waals surface area contributed by atoms with Crippen LogP contribution in [-0.2, 0) is 4.79 Å². The molecule has 2 aromatic rings. The maximum absolute atomic E-state index is 12.4. The molecule has 0 fully saturated rings. The summed E-state index contributed by atoms with van der Waals surface area (Å²) in [5, 5.41) is 10.9. The normalized spacial score (nSPS) is 12.0. The van der Waals surface area contributed by atoms with Crippen LogP contribution in [0.1, 0.15) is 19.4 Å². The standard InChI is InChI=1S/C15H19N3O2S3/c1-5-21-14-17-18-15(23-14)22-10(3)13(19)16-11-8-9(2)6-7-12(11)20-4/h6-8,10H,5H2,1-4H3,(H,16,19). The first-order valence-electron chi connectivity index (χ1n) is 7.12. The number of amides is 1. The molecule has 0 aliphatic heterocycles. The number of nitrogens with zero attached hydrogens (tertiary/aromatic N) is 2. The Labute approximate surface area is 148 Å². The Bertz CT molecular complexity index is 676. The third kappa shape index (κ3) is 5.12. The maximum Gasteiger partial charge on any atom is 0.237 e. The van der Waals surface area contributed by atoms with Gasteiger partial charge < -0.3 is 10.1 Å². The van der Waals surface area contributed by atoms with Crippen LogP contribution in [0.2, 0.25) is 0 Å². The van der Waals surface area contributed by atoms with Gasteiger partial charge in [0.15, 0.2) is 8.68 Å². The van der Waals surface area contributed by atoms with Crippen LogP contribution in [0.3, 0.4) is 0 Å². The Morgan fingerprint density at radius 3 is 2.83 bits per heavy atom. The van der Waals surface area contributed by atoms with E-state index in [0.717, 1.165) is 20.0 Å². The number of hydrogen-bond acceptors (Lipinski definition) is 7. The molecular weight excluding hydrogens is 350 g/mol. The predicted molar refractivity (Wildman–Crippen MR) is 98.0 cm³/mol. The summed E-state index contributed by atoms with van der Waals surface area (Å²) in [6.07, 6.45) is 0. The number of methoxy groups -OCH3 is 1. The highest BCUT2D eigenvalue weighted by atomic mass is 32.2. The van der Waals surface area contributed by atoms with Gasteiger partial charge >= 0.3 is 0 Å². The molecule has 0 aliphatic carbocycles. The molecule has 1 heterocycles. The number of ether oxygens (including phenoxy) is 1. The van der Waals surface area contributed by atoms with Crippen molar-refractivity contribution in [3.63, 3.8) is 0 Å². The van der Waals surface area contributed by atoms with Crippen molar-refractivity contribution >= 4 is 46.5 Å². The first-order valence-corrected chi connectivity index (χ1v) is 9.80. The van der Waals surface area contributed by atoms with E-state index >= 15 is 0 Å². The van der Waals surface area contributed by atoms with Crippen molar-refractivity contribution in [3.8, 4) is 5.75 Å². The van der Waals surface area contributed by atoms with Crippen LogP contribution in [0.25, 0.3) is 0 Å². The van der Waals surface area contributed by atoms with Crippen LogP contribution >= 0.6 is 34.9 Å². The second-order valence-corrected chi connectivity index (χ2v) is 8.80. The molecule has 1 amide bonds. The highest BCUT2D eigenvalue weighted by Gasteiger charge is 2.18. The third-order valence-electron chi connectivity index (χ3n) is 2.92. The van der Waals surface area contributed by atoms with Gasteiger partial charge in [0.1, 0.15) is 5.75 Å². The molecule has 5 nitrogen and oxygen atoms in total. The zero-order valence-electron chi connectivity index (χ0n) is 13.5. The van der Waals surface area contributed by atoms with Crippen LogP contribution in [0.5, 0.6) is 5.75 Å². The van der Waals surface area contributed by atoms with E-state index in [9.17, 15) is 4.79 Å². The summed E-state index contributed by atoms with van der Waals surface area (Å²) in [6.45, 7) is 5.90. The lowest BCUT2D eigenvalue weighted by Gasteiger charge is -2.13. The Balaban J connectivity index is 2.00. The van der Waals surface area contributed by atoms with Gasteiger partial charge in [-0.25, -0.2) is 0 Å². The minimum absolute atomic E-state index is 0.0844. The van der Waals surface area contributed by atoms with E-state index in [2.05, 4.69) is 22.4 Å². The summed E-state index contributed by atoms with van der Waals surface area (Å²) in [4.78, 5) is 12.4. The fourth-order valence-corrected chi connectivity index (χ4v) is 4.85. The highest BCUT2D eigenvalue weighted by molar-refractivity contribution is 8.03. The average molecular weight is 370 g/mol. The third-order valence-corrected chi connectivity index (χ3v) is 6.04. The molecule has 0 bridgehead atoms. The SMILES string of the molecule is CCSc1nnc(SC(C)C(=O)Nc2cc(C)ccc2OC)s1. The van der Waals surface area contributed by atoms with E-state index < -0.39 is 0 Å². The topological polar surface area (TPSA) is 64.1 Å². The summed E-state index contributed by atoms with van der Waals surface area (Å²) in [5.74, 6) is 1.53. The molecule has 1 unspecified atom stereocenters. The van der Waals surface area contributed by atoms with Crippen molar-refractivity contribution in [2.45, 2.75) is 34.7 Å². The zero-order valence-corrected chi connectivity index (χ0v) is 15.9. The minimum Gasteiger partial charge on any atom is -0.495 e. The Kier molecular flexibility index (Phi) is 6.73. The molecule has 1 aromatic carbocycles. The fraction of sp³-hybridized carbons (Fsp3) is 0.400. The number of benzene rings is 1. The van der Waals surface area contributed by atoms with Crippen LogP contribution in [0, 0.1) is 6.92 Å². The van der Waals surface area contributed by atoms with Crippen molar-refractivity contribution in [1.29, 1.82) is 0 Å². The van der Waals surface area contributed by atoms with Gasteiger partial charge in [0.2, 0.25) is 5.91 Å². The van der Waals surface area contributed by atoms with E-state index in [0.29, 0.717) is 11.4 Å². The lowest BCUT2D eigenvalue weighted by Crippen LogP contribution is -2.22. The lowest BCUT2D eigenvalue weighted by atomic mass is 10.2. The van der Waals surface area contributed by atoms with Crippen molar-refractivity contribution in [3.05, 3.63) is 23.8 Å². The molecule has 23 heavy (non-hydrogen) atoms. The second kappa shape index (κ2) is 8.56. The molecule has 8 heteroatoms. The molecule has 0 aliphatic rings. The minimum atomic E-state index is -0.271. The van der Waals surface area contributed by atoms with E-state index in [4.69, 9.17) is 4.74 Å². The molecule has 1 N–H and O–H groups in total. The Morgan fingerprint density at radius 2 is 2.13 bits per heavy atom. The fourth-order valence-electron chi connectivity index (χ4n) is 1.79. The van der Waals surface area contributed by atoms with Crippen LogP contribution in [0.4, 0.5) is 5.69 Å². The molecule has 0 saturated carbocycles. The summed E-state index contributed by atoms with van der Waals surface area (Å²) in [5.41, 5.74) is 1.75. The second-order valence-electron chi connectivity index (χ2n) is 4.72. The van der Waals surface area contributed by atoms with Gasteiger partial charge in [-0.15, -0.1) is 10.2 Å².